The zero-order valence-corrected chi connectivity index (χ0v) is 27.4. The molecular weight excluding hydrogens is 557 g/mol. The molecule has 242 valence electrons. The summed E-state index contributed by atoms with van der Waals surface area (Å²) >= 11 is 0. The van der Waals surface area contributed by atoms with Crippen molar-refractivity contribution in [3.63, 3.8) is 0 Å². The van der Waals surface area contributed by atoms with Crippen LogP contribution in [0, 0.1) is 0 Å². The molecular formula is C37H55F3N4+2. The molecule has 0 saturated heterocycles. The van der Waals surface area contributed by atoms with Crippen molar-refractivity contribution >= 4 is 0 Å². The molecule has 0 bridgehead atoms. The number of rotatable bonds is 16. The third-order valence-corrected chi connectivity index (χ3v) is 9.93. The second kappa shape index (κ2) is 15.6. The van der Waals surface area contributed by atoms with Crippen molar-refractivity contribution in [1.82, 2.24) is 9.13 Å². The van der Waals surface area contributed by atoms with Crippen LogP contribution in [0.4, 0.5) is 13.2 Å². The minimum absolute atomic E-state index is 0.274. The van der Waals surface area contributed by atoms with E-state index in [4.69, 9.17) is 0 Å². The number of alkyl halides is 3. The highest BCUT2D eigenvalue weighted by molar-refractivity contribution is 5.57. The Morgan fingerprint density at radius 2 is 1.00 bits per heavy atom. The van der Waals surface area contributed by atoms with Crippen LogP contribution in [0.2, 0.25) is 0 Å². The van der Waals surface area contributed by atoms with Gasteiger partial charge in [-0.15, -0.1) is 0 Å². The van der Waals surface area contributed by atoms with Gasteiger partial charge in [-0.2, -0.15) is 22.3 Å². The third kappa shape index (κ3) is 7.62. The fourth-order valence-corrected chi connectivity index (χ4v) is 7.59. The van der Waals surface area contributed by atoms with Crippen LogP contribution in [-0.4, -0.2) is 9.13 Å². The Bertz CT molecular complexity index is 1260. The van der Waals surface area contributed by atoms with Crippen LogP contribution in [0.5, 0.6) is 0 Å². The molecule has 0 saturated carbocycles. The summed E-state index contributed by atoms with van der Waals surface area (Å²) in [6.45, 7) is 6.22. The molecule has 0 radical (unpaired) electrons. The lowest BCUT2D eigenvalue weighted by Gasteiger charge is -2.16. The molecule has 2 aromatic heterocycles. The van der Waals surface area contributed by atoms with Crippen LogP contribution in [0.1, 0.15) is 145 Å². The number of hydrogen-bond acceptors (Lipinski definition) is 0. The minimum atomic E-state index is -4.47. The molecule has 2 aliphatic carbocycles. The number of aryl methyl sites for hydroxylation is 2. The predicted molar refractivity (Wildman–Crippen MR) is 171 cm³/mol. The summed E-state index contributed by atoms with van der Waals surface area (Å²) in [6, 6.07) is 5.22. The zero-order chi connectivity index (χ0) is 30.9. The average Bonchev–Trinajstić information content (AvgIpc) is 3.58. The smallest absolute Gasteiger partial charge is 0.233 e. The predicted octanol–water partition coefficient (Wildman–Crippen LogP) is 9.34. The first-order valence-electron chi connectivity index (χ1n) is 17.9. The topological polar surface area (TPSA) is 17.6 Å². The van der Waals surface area contributed by atoms with Gasteiger partial charge in [0.1, 0.15) is 28.3 Å². The minimum Gasteiger partial charge on any atom is -0.233 e. The highest BCUT2D eigenvalue weighted by Crippen LogP contribution is 2.40. The van der Waals surface area contributed by atoms with Crippen LogP contribution < -0.4 is 9.13 Å². The number of nitrogens with zero attached hydrogens (tertiary/aromatic N) is 4. The summed E-state index contributed by atoms with van der Waals surface area (Å²) in [6.07, 6.45) is 21.8. The van der Waals surface area contributed by atoms with Crippen LogP contribution in [0.25, 0.3) is 11.4 Å². The molecule has 4 nitrogen and oxygen atoms in total. The van der Waals surface area contributed by atoms with Crippen molar-refractivity contribution < 1.29 is 22.3 Å². The summed E-state index contributed by atoms with van der Waals surface area (Å²) in [7, 11) is 0. The fraction of sp³-hybridized carbons (Fsp3) is 0.676. The number of hydrogen-bond donors (Lipinski definition) is 0. The van der Waals surface area contributed by atoms with Crippen molar-refractivity contribution in [1.29, 1.82) is 0 Å². The van der Waals surface area contributed by atoms with Gasteiger partial charge < -0.3 is 0 Å². The van der Waals surface area contributed by atoms with E-state index >= 15 is 13.2 Å². The number of benzene rings is 1. The lowest BCUT2D eigenvalue weighted by atomic mass is 9.99. The number of imidazole rings is 2. The number of aromatic nitrogens is 4. The Morgan fingerprint density at radius 3 is 1.43 bits per heavy atom. The summed E-state index contributed by atoms with van der Waals surface area (Å²) in [5, 5.41) is 0. The van der Waals surface area contributed by atoms with Crippen LogP contribution in [0.3, 0.4) is 0 Å². The molecule has 0 unspecified atom stereocenters. The van der Waals surface area contributed by atoms with Crippen molar-refractivity contribution in [3.05, 3.63) is 59.2 Å². The molecule has 0 fully saturated rings. The van der Waals surface area contributed by atoms with E-state index in [1.165, 1.54) is 75.6 Å². The molecule has 0 aliphatic heterocycles. The normalized spacial score (nSPS) is 15.0. The van der Waals surface area contributed by atoms with E-state index in [0.717, 1.165) is 88.7 Å². The van der Waals surface area contributed by atoms with E-state index in [1.54, 1.807) is 12.1 Å². The van der Waals surface area contributed by atoms with Gasteiger partial charge in [0.25, 0.3) is 0 Å². The van der Waals surface area contributed by atoms with E-state index in [-0.39, 0.29) is 11.4 Å². The van der Waals surface area contributed by atoms with Crippen molar-refractivity contribution in [2.24, 2.45) is 0 Å². The summed E-state index contributed by atoms with van der Waals surface area (Å²) in [5.74, 6) is 0. The second-order valence-corrected chi connectivity index (χ2v) is 13.3. The molecule has 7 heteroatoms. The van der Waals surface area contributed by atoms with Crippen molar-refractivity contribution in [2.75, 3.05) is 0 Å². The first-order valence-corrected chi connectivity index (χ1v) is 17.9. The largest absolute Gasteiger partial charge is 0.424 e. The molecule has 0 amide bonds. The van der Waals surface area contributed by atoms with Gasteiger partial charge >= 0.3 is 6.18 Å². The Labute approximate surface area is 263 Å². The van der Waals surface area contributed by atoms with Gasteiger partial charge in [-0.3, -0.25) is 0 Å². The second-order valence-electron chi connectivity index (χ2n) is 13.3. The number of halogens is 3. The maximum Gasteiger partial charge on any atom is 0.424 e. The van der Waals surface area contributed by atoms with E-state index in [1.807, 2.05) is 27.9 Å². The van der Waals surface area contributed by atoms with Crippen molar-refractivity contribution in [3.8, 4) is 11.4 Å². The lowest BCUT2D eigenvalue weighted by Crippen LogP contribution is -2.37. The van der Waals surface area contributed by atoms with Gasteiger partial charge in [0.05, 0.1) is 13.1 Å². The Morgan fingerprint density at radius 1 is 0.591 bits per heavy atom. The van der Waals surface area contributed by atoms with E-state index < -0.39 is 11.7 Å². The zero-order valence-electron chi connectivity index (χ0n) is 27.4. The molecule has 44 heavy (non-hydrogen) atoms. The van der Waals surface area contributed by atoms with E-state index in [2.05, 4.69) is 23.0 Å². The molecule has 1 aromatic carbocycles. The Hall–Kier alpha value is -2.57. The van der Waals surface area contributed by atoms with Gasteiger partial charge in [0, 0.05) is 25.7 Å². The van der Waals surface area contributed by atoms with Crippen LogP contribution >= 0.6 is 0 Å². The SMILES string of the molecule is CCCCCCCC[n+]1cn(-c2cccc(-n3c[n+](CCCCCCCC)c4c3CCCC4)c2C(F)(F)F)c2c1CCCC2. The van der Waals surface area contributed by atoms with Crippen LogP contribution in [-0.2, 0) is 44.9 Å². The van der Waals surface area contributed by atoms with E-state index in [9.17, 15) is 0 Å². The molecule has 2 heterocycles. The first kappa shape index (κ1) is 32.8. The van der Waals surface area contributed by atoms with Crippen molar-refractivity contribution in [2.45, 2.75) is 162 Å². The van der Waals surface area contributed by atoms with Gasteiger partial charge in [-0.25, -0.2) is 9.13 Å². The average molecular weight is 613 g/mol. The lowest BCUT2D eigenvalue weighted by molar-refractivity contribution is -0.704. The Kier molecular flexibility index (Phi) is 11.7. The maximum absolute atomic E-state index is 15.2. The monoisotopic (exact) mass is 612 g/mol. The molecule has 3 aromatic rings. The molecule has 0 spiro atoms. The molecule has 5 rings (SSSR count). The van der Waals surface area contributed by atoms with Gasteiger partial charge in [-0.1, -0.05) is 71.3 Å². The quantitative estimate of drug-likeness (QED) is 0.113. The highest BCUT2D eigenvalue weighted by atomic mass is 19.4. The fourth-order valence-electron chi connectivity index (χ4n) is 7.59. The number of unbranched alkanes of at least 4 members (excludes halogenated alkanes) is 10. The van der Waals surface area contributed by atoms with Gasteiger partial charge in [0.15, 0.2) is 11.4 Å². The third-order valence-electron chi connectivity index (χ3n) is 9.93. The van der Waals surface area contributed by atoms with Gasteiger partial charge in [0.2, 0.25) is 12.7 Å². The Balaban J connectivity index is 1.49. The number of fused-ring (bicyclic) bond motifs is 2. The first-order chi connectivity index (χ1) is 21.4. The molecule has 2 aliphatic rings. The summed E-state index contributed by atoms with van der Waals surface area (Å²) < 4.78 is 54.0. The van der Waals surface area contributed by atoms with E-state index in [0.29, 0.717) is 0 Å². The summed E-state index contributed by atoms with van der Waals surface area (Å²) in [4.78, 5) is 0. The van der Waals surface area contributed by atoms with Crippen LogP contribution in [0.15, 0.2) is 30.9 Å². The summed E-state index contributed by atoms with van der Waals surface area (Å²) in [5.41, 5.74) is 4.64. The molecule has 0 N–H and O–H groups in total. The standard InChI is InChI=1S/C37H55F3N4/c1-3-5-7-9-11-17-26-41-28-43(32-22-15-13-20-30(32)41)34-24-19-25-35(36(34)37(38,39)40)44-29-42(27-18-12-10-8-6-4-2)31-21-14-16-23-33(31)44/h19,24-25,28-29H,3-18,20-23,26-27H2,1-2H3/q+2. The highest BCUT2D eigenvalue weighted by Gasteiger charge is 2.43. The van der Waals surface area contributed by atoms with Gasteiger partial charge in [-0.05, 0) is 63.5 Å². The molecule has 0 atom stereocenters. The maximum atomic E-state index is 15.2.